The Kier molecular flexibility index (Phi) is 6.77. The molecular weight excluding hydrogens is 344 g/mol. The van der Waals surface area contributed by atoms with Crippen molar-refractivity contribution >= 4 is 23.3 Å². The van der Waals surface area contributed by atoms with Crippen molar-refractivity contribution in [3.63, 3.8) is 0 Å². The van der Waals surface area contributed by atoms with Crippen LogP contribution in [-0.2, 0) is 0 Å². The first-order valence-corrected chi connectivity index (χ1v) is 8.07. The number of hydrogen-bond acceptors (Lipinski definition) is 4. The summed E-state index contributed by atoms with van der Waals surface area (Å²) in [6.07, 6.45) is 0. The highest BCUT2D eigenvalue weighted by molar-refractivity contribution is 6.32. The smallest absolute Gasteiger partial charge is 0.319 e. The maximum Gasteiger partial charge on any atom is 0.319 e. The first-order valence-electron chi connectivity index (χ1n) is 7.70. The van der Waals surface area contributed by atoms with Gasteiger partial charge >= 0.3 is 6.03 Å². The van der Waals surface area contributed by atoms with Crippen LogP contribution in [0, 0.1) is 6.92 Å². The molecule has 0 fully saturated rings. The normalized spacial score (nSPS) is 10.1. The number of anilines is 1. The number of aryl methyl sites for hydroxylation is 1. The third-order valence-electron chi connectivity index (χ3n) is 3.46. The van der Waals surface area contributed by atoms with Gasteiger partial charge in [-0.25, -0.2) is 4.79 Å². The number of urea groups is 1. The molecule has 0 heterocycles. The molecule has 0 saturated carbocycles. The number of carbonyl (C=O) groups is 1. The van der Waals surface area contributed by atoms with E-state index in [9.17, 15) is 4.79 Å². The van der Waals surface area contributed by atoms with Gasteiger partial charge in [0.25, 0.3) is 0 Å². The second-order valence-electron chi connectivity index (χ2n) is 5.18. The lowest BCUT2D eigenvalue weighted by Crippen LogP contribution is -2.32. The van der Waals surface area contributed by atoms with E-state index >= 15 is 0 Å². The van der Waals surface area contributed by atoms with E-state index in [1.807, 2.05) is 31.2 Å². The van der Waals surface area contributed by atoms with Gasteiger partial charge in [0.05, 0.1) is 31.5 Å². The number of halogens is 1. The zero-order valence-electron chi connectivity index (χ0n) is 14.4. The van der Waals surface area contributed by atoms with Gasteiger partial charge in [-0.15, -0.1) is 0 Å². The van der Waals surface area contributed by atoms with E-state index in [4.69, 9.17) is 25.8 Å². The molecule has 0 aliphatic carbocycles. The summed E-state index contributed by atoms with van der Waals surface area (Å²) in [5.41, 5.74) is 1.51. The molecule has 134 valence electrons. The van der Waals surface area contributed by atoms with Gasteiger partial charge in [-0.1, -0.05) is 29.8 Å². The monoisotopic (exact) mass is 364 g/mol. The van der Waals surface area contributed by atoms with E-state index < -0.39 is 0 Å². The molecule has 0 bridgehead atoms. The van der Waals surface area contributed by atoms with Crippen LogP contribution >= 0.6 is 11.6 Å². The van der Waals surface area contributed by atoms with Crippen LogP contribution in [0.25, 0.3) is 0 Å². The van der Waals surface area contributed by atoms with Crippen molar-refractivity contribution in [2.45, 2.75) is 6.92 Å². The third kappa shape index (κ3) is 5.19. The molecular formula is C18H21ClN2O4. The van der Waals surface area contributed by atoms with Gasteiger partial charge in [0.2, 0.25) is 0 Å². The molecule has 0 saturated heterocycles. The molecule has 2 aromatic rings. The second-order valence-corrected chi connectivity index (χ2v) is 5.59. The summed E-state index contributed by atoms with van der Waals surface area (Å²) >= 11 is 6.04. The zero-order valence-corrected chi connectivity index (χ0v) is 15.1. The van der Waals surface area contributed by atoms with Crippen molar-refractivity contribution in [2.75, 3.05) is 32.7 Å². The molecule has 0 radical (unpaired) electrons. The molecule has 0 atom stereocenters. The molecule has 25 heavy (non-hydrogen) atoms. The van der Waals surface area contributed by atoms with Gasteiger partial charge in [-0.3, -0.25) is 0 Å². The molecule has 0 aliphatic heterocycles. The van der Waals surface area contributed by atoms with E-state index in [0.29, 0.717) is 35.4 Å². The summed E-state index contributed by atoms with van der Waals surface area (Å²) in [5.74, 6) is 1.69. The Morgan fingerprint density at radius 1 is 1.08 bits per heavy atom. The standard InChI is InChI=1S/C18H21ClN2O4/c1-12-6-4-5-7-15(12)25-9-8-20-18(22)21-14-11-16(23-2)13(19)10-17(14)24-3/h4-7,10-11H,8-9H2,1-3H3,(H2,20,21,22). The minimum atomic E-state index is -0.379. The van der Waals surface area contributed by atoms with Gasteiger partial charge in [-0.2, -0.15) is 0 Å². The van der Waals surface area contributed by atoms with E-state index in [1.165, 1.54) is 14.2 Å². The van der Waals surface area contributed by atoms with E-state index in [1.54, 1.807) is 12.1 Å². The topological polar surface area (TPSA) is 68.8 Å². The minimum Gasteiger partial charge on any atom is -0.495 e. The van der Waals surface area contributed by atoms with Gasteiger partial charge in [0.15, 0.2) is 0 Å². The molecule has 0 aliphatic rings. The molecule has 2 aromatic carbocycles. The Labute approximate surface area is 152 Å². The maximum atomic E-state index is 12.0. The average Bonchev–Trinajstić information content (AvgIpc) is 2.61. The SMILES string of the molecule is COc1cc(NC(=O)NCCOc2ccccc2C)c(OC)cc1Cl. The highest BCUT2D eigenvalue weighted by Gasteiger charge is 2.12. The summed E-state index contributed by atoms with van der Waals surface area (Å²) in [5, 5.41) is 5.82. The second kappa shape index (κ2) is 9.03. The highest BCUT2D eigenvalue weighted by atomic mass is 35.5. The van der Waals surface area contributed by atoms with Crippen molar-refractivity contribution in [3.05, 3.63) is 47.0 Å². The van der Waals surface area contributed by atoms with Crippen molar-refractivity contribution in [1.82, 2.24) is 5.32 Å². The lowest BCUT2D eigenvalue weighted by molar-refractivity contribution is 0.247. The van der Waals surface area contributed by atoms with E-state index in [0.717, 1.165) is 11.3 Å². The molecule has 0 aromatic heterocycles. The lowest BCUT2D eigenvalue weighted by Gasteiger charge is -2.14. The van der Waals surface area contributed by atoms with Crippen LogP contribution in [0.2, 0.25) is 5.02 Å². The first kappa shape index (κ1) is 18.7. The van der Waals surface area contributed by atoms with Crippen LogP contribution in [0.3, 0.4) is 0 Å². The van der Waals surface area contributed by atoms with E-state index in [2.05, 4.69) is 10.6 Å². The molecule has 2 rings (SSSR count). The van der Waals surface area contributed by atoms with Crippen LogP contribution in [0.15, 0.2) is 36.4 Å². The largest absolute Gasteiger partial charge is 0.495 e. The molecule has 6 nitrogen and oxygen atoms in total. The van der Waals surface area contributed by atoms with Gasteiger partial charge < -0.3 is 24.8 Å². The lowest BCUT2D eigenvalue weighted by atomic mass is 10.2. The number of para-hydroxylation sites is 1. The summed E-state index contributed by atoms with van der Waals surface area (Å²) in [6, 6.07) is 10.5. The first-order chi connectivity index (χ1) is 12.0. The Bertz CT molecular complexity index is 737. The van der Waals surface area contributed by atoms with Gasteiger partial charge in [0.1, 0.15) is 23.9 Å². The number of methoxy groups -OCH3 is 2. The van der Waals surface area contributed by atoms with Crippen molar-refractivity contribution in [2.24, 2.45) is 0 Å². The number of nitrogens with one attached hydrogen (secondary N) is 2. The summed E-state index contributed by atoms with van der Waals surface area (Å²) in [7, 11) is 3.00. The van der Waals surface area contributed by atoms with Crippen LogP contribution < -0.4 is 24.8 Å². The Hall–Kier alpha value is -2.60. The number of hydrogen-bond donors (Lipinski definition) is 2. The van der Waals surface area contributed by atoms with Crippen molar-refractivity contribution in [1.29, 1.82) is 0 Å². The molecule has 7 heteroatoms. The van der Waals surface area contributed by atoms with Crippen LogP contribution in [0.5, 0.6) is 17.2 Å². The summed E-state index contributed by atoms with van der Waals surface area (Å²) in [6.45, 7) is 2.68. The number of carbonyl (C=O) groups excluding carboxylic acids is 1. The molecule has 0 unspecified atom stereocenters. The van der Waals surface area contributed by atoms with Crippen LogP contribution in [0.4, 0.5) is 10.5 Å². The molecule has 2 N–H and O–H groups in total. The summed E-state index contributed by atoms with van der Waals surface area (Å²) < 4.78 is 16.0. The fourth-order valence-electron chi connectivity index (χ4n) is 2.17. The fourth-order valence-corrected chi connectivity index (χ4v) is 2.40. The van der Waals surface area contributed by atoms with Crippen LogP contribution in [-0.4, -0.2) is 33.4 Å². The van der Waals surface area contributed by atoms with Crippen LogP contribution in [0.1, 0.15) is 5.56 Å². The molecule has 0 spiro atoms. The Morgan fingerprint density at radius 3 is 2.48 bits per heavy atom. The summed E-state index contributed by atoms with van der Waals surface area (Å²) in [4.78, 5) is 12.0. The highest BCUT2D eigenvalue weighted by Crippen LogP contribution is 2.35. The van der Waals surface area contributed by atoms with Crippen molar-refractivity contribution < 1.29 is 19.0 Å². The molecule has 2 amide bonds. The average molecular weight is 365 g/mol. The van der Waals surface area contributed by atoms with Gasteiger partial charge in [0, 0.05) is 12.1 Å². The number of rotatable bonds is 7. The van der Waals surface area contributed by atoms with Gasteiger partial charge in [-0.05, 0) is 18.6 Å². The maximum absolute atomic E-state index is 12.0. The minimum absolute atomic E-state index is 0.354. The predicted molar refractivity (Wildman–Crippen MR) is 98.3 cm³/mol. The third-order valence-corrected chi connectivity index (χ3v) is 3.76. The Morgan fingerprint density at radius 2 is 1.80 bits per heavy atom. The number of ether oxygens (including phenoxy) is 3. The van der Waals surface area contributed by atoms with Crippen molar-refractivity contribution in [3.8, 4) is 17.2 Å². The zero-order chi connectivity index (χ0) is 18.2. The van der Waals surface area contributed by atoms with E-state index in [-0.39, 0.29) is 6.03 Å². The number of amides is 2. The fraction of sp³-hybridized carbons (Fsp3) is 0.278. The Balaban J connectivity index is 1.87. The quantitative estimate of drug-likeness (QED) is 0.732. The number of benzene rings is 2. The predicted octanol–water partition coefficient (Wildman–Crippen LogP) is 3.87.